The van der Waals surface area contributed by atoms with Gasteiger partial charge < -0.3 is 18.9 Å². The summed E-state index contributed by atoms with van der Waals surface area (Å²) >= 11 is 2.21. The number of carbonyl (C=O) groups is 3. The Morgan fingerprint density at radius 3 is 2.25 bits per heavy atom. The van der Waals surface area contributed by atoms with Gasteiger partial charge in [0.25, 0.3) is 0 Å². The number of morpholine rings is 1. The quantitative estimate of drug-likeness (QED) is 0.471. The summed E-state index contributed by atoms with van der Waals surface area (Å²) in [6.07, 6.45) is 0. The van der Waals surface area contributed by atoms with Gasteiger partial charge in [0.1, 0.15) is 0 Å². The molecule has 3 heterocycles. The van der Waals surface area contributed by atoms with E-state index in [0.29, 0.717) is 32.1 Å². The minimum absolute atomic E-state index is 0.182. The molecule has 3 aliphatic rings. The topological polar surface area (TPSA) is 91.4 Å². The number of ether oxygens (including phenoxy) is 4. The summed E-state index contributed by atoms with van der Waals surface area (Å²) in [6.45, 7) is 10.0. The number of thioether (sulfide) groups is 2. The van der Waals surface area contributed by atoms with Crippen molar-refractivity contribution in [1.29, 1.82) is 0 Å². The molecule has 3 fully saturated rings. The zero-order valence-corrected chi connectivity index (χ0v) is 18.2. The lowest BCUT2D eigenvalue weighted by atomic mass is 9.68. The summed E-state index contributed by atoms with van der Waals surface area (Å²) in [5.41, 5.74) is -1.87. The molecule has 0 aromatic carbocycles. The molecule has 3 rings (SSSR count). The van der Waals surface area contributed by atoms with Crippen LogP contribution in [-0.4, -0.2) is 71.3 Å². The van der Waals surface area contributed by atoms with Gasteiger partial charge in [-0.1, -0.05) is 39.5 Å². The Bertz CT molecular complexity index is 605. The Morgan fingerprint density at radius 2 is 1.71 bits per heavy atom. The molecule has 8 nitrogen and oxygen atoms in total. The number of rotatable bonds is 5. The second-order valence-electron chi connectivity index (χ2n) is 7.69. The number of hydrogen-bond donors (Lipinski definition) is 0. The molecule has 1 unspecified atom stereocenters. The lowest BCUT2D eigenvalue weighted by molar-refractivity contribution is -0.222. The van der Waals surface area contributed by atoms with Crippen LogP contribution in [0.5, 0.6) is 0 Å². The highest BCUT2D eigenvalue weighted by molar-refractivity contribution is 8.21. The Labute approximate surface area is 173 Å². The Balaban J connectivity index is 1.61. The van der Waals surface area contributed by atoms with Gasteiger partial charge in [0, 0.05) is 18.8 Å². The molecule has 3 aliphatic heterocycles. The van der Waals surface area contributed by atoms with Gasteiger partial charge in [-0.2, -0.15) is 0 Å². The van der Waals surface area contributed by atoms with Crippen molar-refractivity contribution < 1.29 is 33.3 Å². The van der Waals surface area contributed by atoms with Crippen molar-refractivity contribution in [2.24, 2.45) is 17.3 Å². The Hall–Kier alpha value is -0.970. The molecule has 1 atom stereocenters. The first kappa shape index (κ1) is 21.7. The molecule has 28 heavy (non-hydrogen) atoms. The van der Waals surface area contributed by atoms with Crippen LogP contribution in [0.15, 0.2) is 0 Å². The Kier molecular flexibility index (Phi) is 6.53. The summed E-state index contributed by atoms with van der Waals surface area (Å²) in [4.78, 5) is 39.9. The average molecular weight is 434 g/mol. The third-order valence-electron chi connectivity index (χ3n) is 5.32. The van der Waals surface area contributed by atoms with E-state index in [9.17, 15) is 14.4 Å². The molecule has 0 radical (unpaired) electrons. The van der Waals surface area contributed by atoms with Gasteiger partial charge in [-0.15, -0.1) is 0 Å². The maximum Gasteiger partial charge on any atom is 0.362 e. The van der Waals surface area contributed by atoms with Crippen LogP contribution in [0.4, 0.5) is 0 Å². The molecule has 0 saturated carbocycles. The summed E-state index contributed by atoms with van der Waals surface area (Å²) in [5.74, 6) is -1.66. The monoisotopic (exact) mass is 433 g/mol. The molecule has 0 aliphatic carbocycles. The van der Waals surface area contributed by atoms with E-state index in [4.69, 9.17) is 18.9 Å². The summed E-state index contributed by atoms with van der Waals surface area (Å²) in [5, 5.41) is 0. The normalized spacial score (nSPS) is 27.1. The maximum atomic E-state index is 12.9. The lowest BCUT2D eigenvalue weighted by Gasteiger charge is -2.44. The van der Waals surface area contributed by atoms with E-state index in [1.54, 1.807) is 0 Å². The zero-order chi connectivity index (χ0) is 20.5. The molecule has 3 saturated heterocycles. The molecule has 158 valence electrons. The predicted molar refractivity (Wildman–Crippen MR) is 104 cm³/mol. The fourth-order valence-electron chi connectivity index (χ4n) is 3.80. The van der Waals surface area contributed by atoms with Crippen LogP contribution >= 0.6 is 23.5 Å². The van der Waals surface area contributed by atoms with Gasteiger partial charge in [0.2, 0.25) is 0 Å². The largest absolute Gasteiger partial charge is 0.449 e. The Morgan fingerprint density at radius 1 is 1.14 bits per heavy atom. The third-order valence-corrected chi connectivity index (χ3v) is 8.15. The van der Waals surface area contributed by atoms with E-state index < -0.39 is 27.2 Å². The minimum atomic E-state index is -1.48. The van der Waals surface area contributed by atoms with Gasteiger partial charge in [-0.25, -0.2) is 0 Å². The second kappa shape index (κ2) is 8.41. The fourth-order valence-corrected chi connectivity index (χ4v) is 6.48. The average Bonchev–Trinajstić information content (AvgIpc) is 2.96. The number of esters is 3. The standard InChI is InChI=1S/C18H27NO7S2/c1-11(2)17(12(3)4)15(21)25-18(26-16(17)22)27-10-14(28-18)24-13(20)9-19-5-7-23-8-6-19/h11-12,14H,5-10H2,1-4H3. The van der Waals surface area contributed by atoms with Crippen LogP contribution in [0.25, 0.3) is 0 Å². The van der Waals surface area contributed by atoms with E-state index in [1.807, 2.05) is 32.6 Å². The summed E-state index contributed by atoms with van der Waals surface area (Å²) < 4.78 is 20.5. The SMILES string of the molecule is CC(C)C1(C(C)C)C(=O)OC2(OC1=O)SCC(OC(=O)CN1CCOCC1)S2. The van der Waals surface area contributed by atoms with Crippen LogP contribution < -0.4 is 0 Å². The molecule has 10 heteroatoms. The van der Waals surface area contributed by atoms with Gasteiger partial charge in [-0.3, -0.25) is 19.3 Å². The van der Waals surface area contributed by atoms with Crippen molar-refractivity contribution >= 4 is 41.4 Å². The van der Waals surface area contributed by atoms with Crippen LogP contribution in [-0.2, 0) is 33.3 Å². The maximum absolute atomic E-state index is 12.9. The summed E-state index contributed by atoms with van der Waals surface area (Å²) in [6, 6.07) is 0. The van der Waals surface area contributed by atoms with Crippen LogP contribution in [0.1, 0.15) is 27.7 Å². The molecule has 0 aromatic heterocycles. The highest BCUT2D eigenvalue weighted by Crippen LogP contribution is 2.56. The lowest BCUT2D eigenvalue weighted by Crippen LogP contribution is -2.58. The first-order valence-corrected chi connectivity index (χ1v) is 11.3. The van der Waals surface area contributed by atoms with Crippen LogP contribution in [0.2, 0.25) is 0 Å². The molecular weight excluding hydrogens is 406 g/mol. The molecule has 0 bridgehead atoms. The van der Waals surface area contributed by atoms with Gasteiger partial charge >= 0.3 is 22.4 Å². The number of hydrogen-bond acceptors (Lipinski definition) is 10. The molecule has 0 amide bonds. The van der Waals surface area contributed by atoms with Crippen molar-refractivity contribution in [3.63, 3.8) is 0 Å². The first-order valence-electron chi connectivity index (χ1n) is 9.48. The van der Waals surface area contributed by atoms with Crippen molar-refractivity contribution in [2.45, 2.75) is 37.6 Å². The van der Waals surface area contributed by atoms with E-state index in [-0.39, 0.29) is 24.3 Å². The van der Waals surface area contributed by atoms with E-state index in [0.717, 1.165) is 23.5 Å². The zero-order valence-electron chi connectivity index (χ0n) is 16.6. The first-order chi connectivity index (χ1) is 13.2. The highest BCUT2D eigenvalue weighted by Gasteiger charge is 2.64. The van der Waals surface area contributed by atoms with Crippen molar-refractivity contribution in [3.8, 4) is 0 Å². The minimum Gasteiger partial charge on any atom is -0.449 e. The third kappa shape index (κ3) is 4.01. The molecule has 1 spiro atoms. The van der Waals surface area contributed by atoms with E-state index in [1.165, 1.54) is 0 Å². The predicted octanol–water partition coefficient (Wildman–Crippen LogP) is 1.68. The second-order valence-corrected chi connectivity index (χ2v) is 10.4. The van der Waals surface area contributed by atoms with Crippen molar-refractivity contribution in [1.82, 2.24) is 4.90 Å². The number of carbonyl (C=O) groups excluding carboxylic acids is 3. The van der Waals surface area contributed by atoms with Gasteiger partial charge in [-0.05, 0) is 23.6 Å². The van der Waals surface area contributed by atoms with E-state index >= 15 is 0 Å². The van der Waals surface area contributed by atoms with E-state index in [2.05, 4.69) is 0 Å². The fraction of sp³-hybridized carbons (Fsp3) is 0.833. The van der Waals surface area contributed by atoms with Gasteiger partial charge in [0.15, 0.2) is 10.9 Å². The molecule has 0 aromatic rings. The molecular formula is C18H27NO7S2. The van der Waals surface area contributed by atoms with Crippen LogP contribution in [0.3, 0.4) is 0 Å². The van der Waals surface area contributed by atoms with Crippen LogP contribution in [0, 0.1) is 17.3 Å². The van der Waals surface area contributed by atoms with Gasteiger partial charge in [0.05, 0.1) is 19.8 Å². The highest BCUT2D eigenvalue weighted by atomic mass is 32.2. The van der Waals surface area contributed by atoms with Crippen molar-refractivity contribution in [3.05, 3.63) is 0 Å². The smallest absolute Gasteiger partial charge is 0.362 e. The summed E-state index contributed by atoms with van der Waals surface area (Å²) in [7, 11) is 0. The molecule has 0 N–H and O–H groups in total. The van der Waals surface area contributed by atoms with Crippen molar-refractivity contribution in [2.75, 3.05) is 38.6 Å². The number of nitrogens with zero attached hydrogens (tertiary/aromatic N) is 1.